The zero-order valence-corrected chi connectivity index (χ0v) is 10.0. The Morgan fingerprint density at radius 1 is 1.40 bits per heavy atom. The van der Waals surface area contributed by atoms with E-state index in [9.17, 15) is 4.79 Å². The van der Waals surface area contributed by atoms with Gasteiger partial charge in [-0.3, -0.25) is 4.79 Å². The molecule has 0 saturated heterocycles. The Morgan fingerprint density at radius 2 is 2.07 bits per heavy atom. The van der Waals surface area contributed by atoms with Crippen LogP contribution in [0.2, 0.25) is 0 Å². The van der Waals surface area contributed by atoms with Crippen molar-refractivity contribution in [3.63, 3.8) is 0 Å². The predicted octanol–water partition coefficient (Wildman–Crippen LogP) is 1.76. The van der Waals surface area contributed by atoms with E-state index in [0.717, 1.165) is 32.2 Å². The zero-order chi connectivity index (χ0) is 11.3. The van der Waals surface area contributed by atoms with Gasteiger partial charge in [0, 0.05) is 26.1 Å². The van der Waals surface area contributed by atoms with E-state index in [0.29, 0.717) is 24.3 Å². The van der Waals surface area contributed by atoms with E-state index >= 15 is 0 Å². The Labute approximate surface area is 93.0 Å². The van der Waals surface area contributed by atoms with Gasteiger partial charge in [0.15, 0.2) is 0 Å². The minimum Gasteiger partial charge on any atom is -0.345 e. The average molecular weight is 212 g/mol. The van der Waals surface area contributed by atoms with Gasteiger partial charge in [-0.25, -0.2) is 0 Å². The highest BCUT2D eigenvalue weighted by Crippen LogP contribution is 2.26. The van der Waals surface area contributed by atoms with E-state index in [1.54, 1.807) is 0 Å². The van der Waals surface area contributed by atoms with Gasteiger partial charge in [-0.2, -0.15) is 0 Å². The first-order chi connectivity index (χ1) is 7.13. The highest BCUT2D eigenvalue weighted by molar-refractivity contribution is 5.75. The Balaban J connectivity index is 2.10. The minimum atomic E-state index is 0.295. The molecule has 88 valence electrons. The number of rotatable bonds is 6. The molecular formula is C12H24N2O. The van der Waals surface area contributed by atoms with Crippen LogP contribution in [0.15, 0.2) is 0 Å². The summed E-state index contributed by atoms with van der Waals surface area (Å²) in [5, 5.41) is 0. The van der Waals surface area contributed by atoms with Gasteiger partial charge in [0.25, 0.3) is 0 Å². The minimum absolute atomic E-state index is 0.295. The van der Waals surface area contributed by atoms with Gasteiger partial charge >= 0.3 is 0 Å². The molecule has 2 N–H and O–H groups in total. The molecule has 0 radical (unpaired) electrons. The molecule has 1 rings (SSSR count). The maximum absolute atomic E-state index is 11.7. The molecule has 15 heavy (non-hydrogen) atoms. The number of carbonyl (C=O) groups excluding carboxylic acids is 1. The molecule has 1 amide bonds. The molecule has 0 spiro atoms. The monoisotopic (exact) mass is 212 g/mol. The fourth-order valence-electron chi connectivity index (χ4n) is 2.14. The third kappa shape index (κ3) is 4.20. The van der Waals surface area contributed by atoms with Crippen molar-refractivity contribution in [1.29, 1.82) is 0 Å². The van der Waals surface area contributed by atoms with Crippen molar-refractivity contribution in [1.82, 2.24) is 4.90 Å². The smallest absolute Gasteiger partial charge is 0.222 e. The summed E-state index contributed by atoms with van der Waals surface area (Å²) in [4.78, 5) is 13.6. The topological polar surface area (TPSA) is 46.3 Å². The Hall–Kier alpha value is -0.570. The Kier molecular flexibility index (Phi) is 5.09. The van der Waals surface area contributed by atoms with Crippen LogP contribution < -0.4 is 5.73 Å². The van der Waals surface area contributed by atoms with Crippen LogP contribution in [0.5, 0.6) is 0 Å². The molecule has 0 aromatic rings. The number of hydrogen-bond donors (Lipinski definition) is 1. The predicted molar refractivity (Wildman–Crippen MR) is 62.5 cm³/mol. The summed E-state index contributed by atoms with van der Waals surface area (Å²) >= 11 is 0. The third-order valence-corrected chi connectivity index (χ3v) is 3.22. The Bertz CT molecular complexity index is 200. The van der Waals surface area contributed by atoms with E-state index in [1.807, 2.05) is 11.9 Å². The van der Waals surface area contributed by atoms with Crippen LogP contribution in [-0.2, 0) is 4.79 Å². The van der Waals surface area contributed by atoms with Crippen LogP contribution in [0.4, 0.5) is 0 Å². The molecule has 0 bridgehead atoms. The van der Waals surface area contributed by atoms with Crippen molar-refractivity contribution in [2.75, 3.05) is 13.6 Å². The van der Waals surface area contributed by atoms with Crippen LogP contribution in [0, 0.1) is 5.92 Å². The molecule has 0 aromatic carbocycles. The largest absolute Gasteiger partial charge is 0.345 e. The lowest BCUT2D eigenvalue weighted by molar-refractivity contribution is -0.131. The molecule has 3 heteroatoms. The molecule has 0 heterocycles. The quantitative estimate of drug-likeness (QED) is 0.682. The molecule has 0 aromatic heterocycles. The van der Waals surface area contributed by atoms with Gasteiger partial charge in [0.2, 0.25) is 5.91 Å². The third-order valence-electron chi connectivity index (χ3n) is 3.22. The molecule has 0 unspecified atom stereocenters. The van der Waals surface area contributed by atoms with Gasteiger partial charge in [0.05, 0.1) is 0 Å². The second-order valence-corrected chi connectivity index (χ2v) is 4.83. The van der Waals surface area contributed by atoms with E-state index in [4.69, 9.17) is 5.73 Å². The molecule has 1 saturated carbocycles. The number of nitrogens with two attached hydrogens (primary N) is 1. The number of unbranched alkanes of at least 4 members (excludes halogenated alkanes) is 2. The average Bonchev–Trinajstić information content (AvgIpc) is 2.15. The van der Waals surface area contributed by atoms with Gasteiger partial charge < -0.3 is 10.6 Å². The van der Waals surface area contributed by atoms with Gasteiger partial charge in [-0.05, 0) is 25.2 Å². The fraction of sp³-hybridized carbons (Fsp3) is 0.917. The van der Waals surface area contributed by atoms with Crippen LogP contribution in [0.1, 0.15) is 45.4 Å². The van der Waals surface area contributed by atoms with Crippen LogP contribution >= 0.6 is 0 Å². The van der Waals surface area contributed by atoms with E-state index in [2.05, 4.69) is 6.92 Å². The highest BCUT2D eigenvalue weighted by Gasteiger charge is 2.27. The molecule has 0 atom stereocenters. The van der Waals surface area contributed by atoms with Gasteiger partial charge in [-0.1, -0.05) is 19.8 Å². The SMILES string of the molecule is CCCCCC(=O)N(C)CC1CC(N)C1. The summed E-state index contributed by atoms with van der Waals surface area (Å²) in [6, 6.07) is 0.388. The standard InChI is InChI=1S/C12H24N2O/c1-3-4-5-6-12(15)14(2)9-10-7-11(13)8-10/h10-11H,3-9,13H2,1-2H3. The van der Waals surface area contributed by atoms with Crippen LogP contribution in [-0.4, -0.2) is 30.4 Å². The summed E-state index contributed by atoms with van der Waals surface area (Å²) < 4.78 is 0. The number of amides is 1. The lowest BCUT2D eigenvalue weighted by Crippen LogP contribution is -2.43. The summed E-state index contributed by atoms with van der Waals surface area (Å²) in [7, 11) is 1.91. The normalized spacial score (nSPS) is 24.7. The van der Waals surface area contributed by atoms with Crippen molar-refractivity contribution in [2.45, 2.75) is 51.5 Å². The highest BCUT2D eigenvalue weighted by atomic mass is 16.2. The summed E-state index contributed by atoms with van der Waals surface area (Å²) in [6.45, 7) is 3.06. The van der Waals surface area contributed by atoms with E-state index < -0.39 is 0 Å². The van der Waals surface area contributed by atoms with Gasteiger partial charge in [0.1, 0.15) is 0 Å². The first-order valence-electron chi connectivity index (χ1n) is 6.13. The Morgan fingerprint density at radius 3 is 2.60 bits per heavy atom. The first kappa shape index (κ1) is 12.5. The first-order valence-corrected chi connectivity index (χ1v) is 6.13. The maximum atomic E-state index is 11.7. The molecule has 1 fully saturated rings. The number of carbonyl (C=O) groups is 1. The van der Waals surface area contributed by atoms with Crippen molar-refractivity contribution in [2.24, 2.45) is 11.7 Å². The van der Waals surface area contributed by atoms with Crippen LogP contribution in [0.25, 0.3) is 0 Å². The lowest BCUT2D eigenvalue weighted by Gasteiger charge is -2.35. The van der Waals surface area contributed by atoms with Crippen molar-refractivity contribution >= 4 is 5.91 Å². The second-order valence-electron chi connectivity index (χ2n) is 4.83. The molecule has 1 aliphatic carbocycles. The molecule has 3 nitrogen and oxygen atoms in total. The molecule has 1 aliphatic rings. The van der Waals surface area contributed by atoms with Crippen LogP contribution in [0.3, 0.4) is 0 Å². The van der Waals surface area contributed by atoms with Crippen molar-refractivity contribution in [3.8, 4) is 0 Å². The summed E-state index contributed by atoms with van der Waals surface area (Å²) in [5.41, 5.74) is 5.72. The maximum Gasteiger partial charge on any atom is 0.222 e. The zero-order valence-electron chi connectivity index (χ0n) is 10.0. The van der Waals surface area contributed by atoms with Crippen molar-refractivity contribution in [3.05, 3.63) is 0 Å². The summed E-state index contributed by atoms with van der Waals surface area (Å²) in [5.74, 6) is 0.948. The fourth-order valence-corrected chi connectivity index (χ4v) is 2.14. The van der Waals surface area contributed by atoms with Gasteiger partial charge in [-0.15, -0.1) is 0 Å². The van der Waals surface area contributed by atoms with E-state index in [1.165, 1.54) is 6.42 Å². The molecule has 0 aliphatic heterocycles. The number of hydrogen-bond acceptors (Lipinski definition) is 2. The lowest BCUT2D eigenvalue weighted by atomic mass is 9.80. The van der Waals surface area contributed by atoms with Crippen molar-refractivity contribution < 1.29 is 4.79 Å². The second kappa shape index (κ2) is 6.11. The molecular weight excluding hydrogens is 188 g/mol. The summed E-state index contributed by atoms with van der Waals surface area (Å²) in [6.07, 6.45) is 6.26. The van der Waals surface area contributed by atoms with E-state index in [-0.39, 0.29) is 0 Å². The number of nitrogens with zero attached hydrogens (tertiary/aromatic N) is 1.